The van der Waals surface area contributed by atoms with Crippen molar-refractivity contribution in [2.45, 2.75) is 19.5 Å². The number of halogens is 1. The van der Waals surface area contributed by atoms with Gasteiger partial charge >= 0.3 is 6.03 Å². The third-order valence-electron chi connectivity index (χ3n) is 5.30. The average molecular weight is 403 g/mol. The van der Waals surface area contributed by atoms with E-state index < -0.39 is 11.7 Å². The molecule has 1 heterocycles. The zero-order valence-electron chi connectivity index (χ0n) is 16.4. The van der Waals surface area contributed by atoms with Gasteiger partial charge in [-0.2, -0.15) is 0 Å². The molecule has 0 atom stereocenters. The lowest BCUT2D eigenvalue weighted by Crippen LogP contribution is -2.47. The minimum absolute atomic E-state index is 0.202. The number of rotatable bonds is 6. The molecule has 0 radical (unpaired) electrons. The Morgan fingerprint density at radius 1 is 0.933 bits per heavy atom. The van der Waals surface area contributed by atoms with Crippen LogP contribution in [0.3, 0.4) is 0 Å². The summed E-state index contributed by atoms with van der Waals surface area (Å²) < 4.78 is 14.7. The van der Waals surface area contributed by atoms with Crippen LogP contribution in [0.1, 0.15) is 27.0 Å². The van der Waals surface area contributed by atoms with Gasteiger partial charge in [-0.25, -0.2) is 9.18 Å². The van der Waals surface area contributed by atoms with Gasteiger partial charge in [0, 0.05) is 18.7 Å². The molecule has 152 valence electrons. The molecule has 3 aromatic carbocycles. The molecule has 2 N–H and O–H groups in total. The maximum absolute atomic E-state index is 14.7. The highest BCUT2D eigenvalue weighted by Crippen LogP contribution is 2.32. The Balaban J connectivity index is 1.60. The Morgan fingerprint density at radius 3 is 2.37 bits per heavy atom. The van der Waals surface area contributed by atoms with Crippen molar-refractivity contribution in [3.05, 3.63) is 101 Å². The van der Waals surface area contributed by atoms with Gasteiger partial charge in [0.05, 0.1) is 12.2 Å². The van der Waals surface area contributed by atoms with Gasteiger partial charge in [-0.3, -0.25) is 9.69 Å². The third kappa shape index (κ3) is 4.03. The Bertz CT molecular complexity index is 1070. The number of carbonyl (C=O) groups is 2. The number of hydrogen-bond acceptors (Lipinski definition) is 2. The van der Waals surface area contributed by atoms with E-state index in [9.17, 15) is 14.0 Å². The number of nitrogens with zero attached hydrogens (tertiary/aromatic N) is 2. The molecule has 0 bridgehead atoms. The lowest BCUT2D eigenvalue weighted by atomic mass is 10.1. The molecule has 0 aliphatic carbocycles. The van der Waals surface area contributed by atoms with Crippen LogP contribution in [0.15, 0.2) is 72.8 Å². The number of anilines is 1. The summed E-state index contributed by atoms with van der Waals surface area (Å²) in [4.78, 5) is 27.8. The summed E-state index contributed by atoms with van der Waals surface area (Å²) in [5.41, 5.74) is 8.70. The largest absolute Gasteiger partial charge is 0.366 e. The predicted molar refractivity (Wildman–Crippen MR) is 113 cm³/mol. The molecule has 0 saturated heterocycles. The van der Waals surface area contributed by atoms with Gasteiger partial charge in [-0.05, 0) is 41.3 Å². The fourth-order valence-electron chi connectivity index (χ4n) is 3.72. The number of urea groups is 1. The lowest BCUT2D eigenvalue weighted by molar-refractivity contribution is 0.1000. The van der Waals surface area contributed by atoms with Gasteiger partial charge < -0.3 is 10.6 Å². The van der Waals surface area contributed by atoms with E-state index in [0.717, 1.165) is 23.1 Å². The summed E-state index contributed by atoms with van der Waals surface area (Å²) in [5, 5.41) is 0. The van der Waals surface area contributed by atoms with Crippen LogP contribution in [0.5, 0.6) is 0 Å². The van der Waals surface area contributed by atoms with E-state index in [1.54, 1.807) is 35.2 Å². The van der Waals surface area contributed by atoms with E-state index >= 15 is 0 Å². The summed E-state index contributed by atoms with van der Waals surface area (Å²) in [6.45, 7) is 1.11. The second-order valence-electron chi connectivity index (χ2n) is 7.33. The first-order chi connectivity index (χ1) is 14.5. The van der Waals surface area contributed by atoms with Crippen LogP contribution in [0.25, 0.3) is 0 Å². The molecule has 30 heavy (non-hydrogen) atoms. The van der Waals surface area contributed by atoms with Crippen molar-refractivity contribution in [1.82, 2.24) is 4.90 Å². The molecular formula is C24H22FN3O2. The zero-order valence-corrected chi connectivity index (χ0v) is 16.4. The number of hydrogen-bond donors (Lipinski definition) is 1. The number of para-hydroxylation sites is 1. The second-order valence-corrected chi connectivity index (χ2v) is 7.33. The summed E-state index contributed by atoms with van der Waals surface area (Å²) in [6, 6.07) is 21.3. The quantitative estimate of drug-likeness (QED) is 0.673. The molecule has 0 spiro atoms. The SMILES string of the molecule is NC(=O)c1ccc(CN2C(=O)N(CCc3ccccc3)Cc3cccc(F)c32)cc1. The van der Waals surface area contributed by atoms with E-state index in [1.807, 2.05) is 36.4 Å². The van der Waals surface area contributed by atoms with E-state index in [1.165, 1.54) is 11.0 Å². The van der Waals surface area contributed by atoms with Crippen molar-refractivity contribution in [1.29, 1.82) is 0 Å². The maximum Gasteiger partial charge on any atom is 0.325 e. The Morgan fingerprint density at radius 2 is 1.67 bits per heavy atom. The van der Waals surface area contributed by atoms with Gasteiger partial charge in [0.15, 0.2) is 0 Å². The van der Waals surface area contributed by atoms with E-state index in [0.29, 0.717) is 24.3 Å². The van der Waals surface area contributed by atoms with Crippen molar-refractivity contribution in [3.8, 4) is 0 Å². The van der Waals surface area contributed by atoms with Crippen molar-refractivity contribution in [3.63, 3.8) is 0 Å². The Kier molecular flexibility index (Phi) is 5.48. The maximum atomic E-state index is 14.7. The second kappa shape index (κ2) is 8.37. The minimum atomic E-state index is -0.515. The summed E-state index contributed by atoms with van der Waals surface area (Å²) in [6.07, 6.45) is 0.721. The molecular weight excluding hydrogens is 381 g/mol. The lowest BCUT2D eigenvalue weighted by Gasteiger charge is -2.37. The van der Waals surface area contributed by atoms with Gasteiger partial charge in [-0.15, -0.1) is 0 Å². The summed E-state index contributed by atoms with van der Waals surface area (Å²) in [5.74, 6) is -0.934. The number of nitrogens with two attached hydrogens (primary N) is 1. The number of carbonyl (C=O) groups excluding carboxylic acids is 2. The predicted octanol–water partition coefficient (Wildman–Crippen LogP) is 4.11. The minimum Gasteiger partial charge on any atom is -0.366 e. The van der Waals surface area contributed by atoms with Crippen molar-refractivity contribution in [2.24, 2.45) is 5.73 Å². The highest BCUT2D eigenvalue weighted by molar-refractivity contribution is 5.95. The Hall–Kier alpha value is -3.67. The fourth-order valence-corrected chi connectivity index (χ4v) is 3.72. The van der Waals surface area contributed by atoms with Gasteiger partial charge in [0.25, 0.3) is 0 Å². The van der Waals surface area contributed by atoms with Crippen LogP contribution in [-0.4, -0.2) is 23.4 Å². The van der Waals surface area contributed by atoms with Crippen LogP contribution >= 0.6 is 0 Å². The number of benzene rings is 3. The standard InChI is InChI=1S/C24H22FN3O2/c25-21-8-4-7-20-16-27(14-13-17-5-2-1-3-6-17)24(30)28(22(20)21)15-18-9-11-19(12-10-18)23(26)29/h1-12H,13-16H2,(H2,26,29). The van der Waals surface area contributed by atoms with Crippen LogP contribution in [0.2, 0.25) is 0 Å². The first-order valence-corrected chi connectivity index (χ1v) is 9.79. The van der Waals surface area contributed by atoms with Crippen molar-refractivity contribution in [2.75, 3.05) is 11.4 Å². The van der Waals surface area contributed by atoms with Gasteiger partial charge in [0.2, 0.25) is 5.91 Å². The molecule has 3 amide bonds. The normalized spacial score (nSPS) is 13.3. The van der Waals surface area contributed by atoms with Crippen LogP contribution in [0.4, 0.5) is 14.9 Å². The Labute approximate surface area is 174 Å². The smallest absolute Gasteiger partial charge is 0.325 e. The molecule has 5 nitrogen and oxygen atoms in total. The first-order valence-electron chi connectivity index (χ1n) is 9.79. The highest BCUT2D eigenvalue weighted by Gasteiger charge is 2.32. The molecule has 3 aromatic rings. The summed E-state index contributed by atoms with van der Waals surface area (Å²) in [7, 11) is 0. The van der Waals surface area contributed by atoms with Crippen LogP contribution < -0.4 is 10.6 Å². The molecule has 1 aliphatic heterocycles. The van der Waals surface area contributed by atoms with Crippen LogP contribution in [0, 0.1) is 5.82 Å². The zero-order chi connectivity index (χ0) is 21.1. The molecule has 0 fully saturated rings. The molecule has 4 rings (SSSR count). The molecule has 0 aromatic heterocycles. The molecule has 0 unspecified atom stereocenters. The number of primary amides is 1. The van der Waals surface area contributed by atoms with E-state index in [2.05, 4.69) is 0 Å². The van der Waals surface area contributed by atoms with Gasteiger partial charge in [-0.1, -0.05) is 54.6 Å². The average Bonchev–Trinajstić information content (AvgIpc) is 2.75. The number of amides is 3. The first kappa shape index (κ1) is 19.6. The number of fused-ring (bicyclic) bond motifs is 1. The van der Waals surface area contributed by atoms with E-state index in [-0.39, 0.29) is 12.6 Å². The fraction of sp³-hybridized carbons (Fsp3) is 0.167. The molecule has 1 aliphatic rings. The van der Waals surface area contributed by atoms with E-state index in [4.69, 9.17) is 5.73 Å². The monoisotopic (exact) mass is 403 g/mol. The third-order valence-corrected chi connectivity index (χ3v) is 5.30. The topological polar surface area (TPSA) is 66.6 Å². The van der Waals surface area contributed by atoms with Crippen LogP contribution in [-0.2, 0) is 19.5 Å². The highest BCUT2D eigenvalue weighted by atomic mass is 19.1. The molecule has 6 heteroatoms. The summed E-state index contributed by atoms with van der Waals surface area (Å²) >= 11 is 0. The van der Waals surface area contributed by atoms with Crippen molar-refractivity contribution < 1.29 is 14.0 Å². The van der Waals surface area contributed by atoms with Gasteiger partial charge in [0.1, 0.15) is 5.82 Å². The molecule has 0 saturated carbocycles. The van der Waals surface area contributed by atoms with Crippen molar-refractivity contribution >= 4 is 17.6 Å².